The molecular formula is C16H17FN2O4S. The van der Waals surface area contributed by atoms with E-state index in [1.54, 1.807) is 0 Å². The Labute approximate surface area is 139 Å². The highest BCUT2D eigenvalue weighted by Gasteiger charge is 2.51. The highest BCUT2D eigenvalue weighted by Crippen LogP contribution is 2.34. The number of alkyl halides is 1. The SMILES string of the molecule is C=CC(=O)N1CC(F)(C(=O)Nc2ccc(S(=O)(=O)C3CC3)cc2)C1. The number of benzene rings is 1. The van der Waals surface area contributed by atoms with Crippen LogP contribution < -0.4 is 5.32 Å². The summed E-state index contributed by atoms with van der Waals surface area (Å²) in [7, 11) is -3.29. The van der Waals surface area contributed by atoms with Crippen LogP contribution >= 0.6 is 0 Å². The lowest BCUT2D eigenvalue weighted by molar-refractivity contribution is -0.150. The van der Waals surface area contributed by atoms with Gasteiger partial charge in [0.1, 0.15) is 0 Å². The topological polar surface area (TPSA) is 83.6 Å². The molecule has 0 spiro atoms. The molecule has 1 N–H and O–H groups in total. The van der Waals surface area contributed by atoms with Crippen LogP contribution in [0.25, 0.3) is 0 Å². The molecule has 1 heterocycles. The summed E-state index contributed by atoms with van der Waals surface area (Å²) in [5.74, 6) is -1.28. The Morgan fingerprint density at radius 2 is 1.83 bits per heavy atom. The molecule has 0 bridgehead atoms. The number of carbonyl (C=O) groups is 2. The van der Waals surface area contributed by atoms with Gasteiger partial charge in [-0.3, -0.25) is 9.59 Å². The standard InChI is InChI=1S/C16H17FN2O4S/c1-2-14(20)19-9-16(17,10-19)15(21)18-11-3-5-12(6-4-11)24(22,23)13-7-8-13/h2-6,13H,1,7-10H2,(H,18,21). The summed E-state index contributed by atoms with van der Waals surface area (Å²) in [5, 5.41) is 2.10. The lowest BCUT2D eigenvalue weighted by Crippen LogP contribution is -2.65. The molecule has 24 heavy (non-hydrogen) atoms. The van der Waals surface area contributed by atoms with Crippen LogP contribution in [0.5, 0.6) is 0 Å². The molecule has 6 nitrogen and oxygen atoms in total. The van der Waals surface area contributed by atoms with Crippen molar-refractivity contribution in [3.05, 3.63) is 36.9 Å². The zero-order valence-corrected chi connectivity index (χ0v) is 13.7. The first-order valence-electron chi connectivity index (χ1n) is 7.52. The average molecular weight is 352 g/mol. The van der Waals surface area contributed by atoms with Crippen LogP contribution in [-0.2, 0) is 19.4 Å². The summed E-state index contributed by atoms with van der Waals surface area (Å²) in [6.45, 7) is 2.66. The highest BCUT2D eigenvalue weighted by atomic mass is 32.2. The van der Waals surface area contributed by atoms with Crippen LogP contribution in [0, 0.1) is 0 Å². The molecule has 2 aliphatic rings. The van der Waals surface area contributed by atoms with E-state index in [0.717, 1.165) is 6.08 Å². The predicted molar refractivity (Wildman–Crippen MR) is 85.9 cm³/mol. The molecule has 0 atom stereocenters. The number of sulfone groups is 1. The first-order chi connectivity index (χ1) is 11.3. The largest absolute Gasteiger partial charge is 0.331 e. The molecule has 1 saturated heterocycles. The number of nitrogens with one attached hydrogen (secondary N) is 1. The van der Waals surface area contributed by atoms with Crippen molar-refractivity contribution in [3.63, 3.8) is 0 Å². The van der Waals surface area contributed by atoms with Gasteiger partial charge >= 0.3 is 0 Å². The Kier molecular flexibility index (Phi) is 3.95. The van der Waals surface area contributed by atoms with E-state index in [1.165, 1.54) is 29.2 Å². The Bertz CT molecular complexity index is 794. The van der Waals surface area contributed by atoms with E-state index < -0.39 is 27.3 Å². The zero-order chi connectivity index (χ0) is 17.5. The predicted octanol–water partition coefficient (Wildman–Crippen LogP) is 1.30. The van der Waals surface area contributed by atoms with Crippen molar-refractivity contribution in [1.82, 2.24) is 4.90 Å². The number of anilines is 1. The van der Waals surface area contributed by atoms with Gasteiger partial charge in [-0.05, 0) is 43.2 Å². The summed E-state index contributed by atoms with van der Waals surface area (Å²) >= 11 is 0. The second kappa shape index (κ2) is 5.70. The van der Waals surface area contributed by atoms with Crippen LogP contribution in [0.4, 0.5) is 10.1 Å². The van der Waals surface area contributed by atoms with Gasteiger partial charge in [0.15, 0.2) is 9.84 Å². The Hall–Kier alpha value is -2.22. The average Bonchev–Trinajstić information content (AvgIpc) is 3.36. The number of hydrogen-bond donors (Lipinski definition) is 1. The van der Waals surface area contributed by atoms with Gasteiger partial charge < -0.3 is 10.2 Å². The molecule has 0 unspecified atom stereocenters. The minimum Gasteiger partial charge on any atom is -0.331 e. The highest BCUT2D eigenvalue weighted by molar-refractivity contribution is 7.92. The fourth-order valence-corrected chi connectivity index (χ4v) is 4.19. The molecular weight excluding hydrogens is 335 g/mol. The van der Waals surface area contributed by atoms with Crippen molar-refractivity contribution in [2.75, 3.05) is 18.4 Å². The summed E-state index contributed by atoms with van der Waals surface area (Å²) in [6, 6.07) is 5.68. The van der Waals surface area contributed by atoms with E-state index >= 15 is 0 Å². The van der Waals surface area contributed by atoms with Gasteiger partial charge in [0.25, 0.3) is 5.91 Å². The zero-order valence-electron chi connectivity index (χ0n) is 12.9. The van der Waals surface area contributed by atoms with E-state index in [9.17, 15) is 22.4 Å². The maximum Gasteiger partial charge on any atom is 0.265 e. The summed E-state index contributed by atoms with van der Waals surface area (Å²) in [5.41, 5.74) is -1.84. The molecule has 1 saturated carbocycles. The van der Waals surface area contributed by atoms with Gasteiger partial charge in [0.05, 0.1) is 23.2 Å². The van der Waals surface area contributed by atoms with E-state index in [2.05, 4.69) is 11.9 Å². The van der Waals surface area contributed by atoms with Gasteiger partial charge in [-0.1, -0.05) is 6.58 Å². The fourth-order valence-electron chi connectivity index (χ4n) is 2.53. The molecule has 1 aromatic rings. The van der Waals surface area contributed by atoms with Gasteiger partial charge in [-0.2, -0.15) is 0 Å². The molecule has 3 rings (SSSR count). The lowest BCUT2D eigenvalue weighted by atomic mass is 9.95. The molecule has 2 amide bonds. The normalized spacial score (nSPS) is 19.3. The summed E-state index contributed by atoms with van der Waals surface area (Å²) < 4.78 is 38.5. The number of nitrogens with zero attached hydrogens (tertiary/aromatic N) is 1. The molecule has 1 aliphatic heterocycles. The second-order valence-electron chi connectivity index (χ2n) is 6.09. The van der Waals surface area contributed by atoms with Gasteiger partial charge in [-0.15, -0.1) is 0 Å². The van der Waals surface area contributed by atoms with Gasteiger partial charge in [0.2, 0.25) is 11.6 Å². The monoisotopic (exact) mass is 352 g/mol. The first-order valence-corrected chi connectivity index (χ1v) is 9.06. The van der Waals surface area contributed by atoms with Crippen LogP contribution in [0.15, 0.2) is 41.8 Å². The summed E-state index contributed by atoms with van der Waals surface area (Å²) in [4.78, 5) is 24.7. The van der Waals surface area contributed by atoms with Crippen LogP contribution in [0.1, 0.15) is 12.8 Å². The molecule has 1 aliphatic carbocycles. The van der Waals surface area contributed by atoms with Crippen molar-refractivity contribution >= 4 is 27.3 Å². The number of hydrogen-bond acceptors (Lipinski definition) is 4. The number of carbonyl (C=O) groups excluding carboxylic acids is 2. The molecule has 0 aromatic heterocycles. The Balaban J connectivity index is 1.63. The van der Waals surface area contributed by atoms with Crippen molar-refractivity contribution < 1.29 is 22.4 Å². The number of likely N-dealkylation sites (tertiary alicyclic amines) is 1. The third-order valence-corrected chi connectivity index (χ3v) is 6.46. The minimum atomic E-state index is -3.29. The van der Waals surface area contributed by atoms with Crippen molar-refractivity contribution in [2.24, 2.45) is 0 Å². The van der Waals surface area contributed by atoms with Crippen LogP contribution in [0.3, 0.4) is 0 Å². The fraction of sp³-hybridized carbons (Fsp3) is 0.375. The maximum absolute atomic E-state index is 14.4. The van der Waals surface area contributed by atoms with Crippen LogP contribution in [-0.4, -0.2) is 49.1 Å². The van der Waals surface area contributed by atoms with Crippen molar-refractivity contribution in [1.29, 1.82) is 0 Å². The Morgan fingerprint density at radius 1 is 1.25 bits per heavy atom. The quantitative estimate of drug-likeness (QED) is 0.810. The second-order valence-corrected chi connectivity index (χ2v) is 8.31. The van der Waals surface area contributed by atoms with E-state index in [-0.39, 0.29) is 23.2 Å². The molecule has 2 fully saturated rings. The van der Waals surface area contributed by atoms with Gasteiger partial charge in [0, 0.05) is 5.69 Å². The molecule has 0 radical (unpaired) electrons. The minimum absolute atomic E-state index is 0.198. The van der Waals surface area contributed by atoms with E-state index in [4.69, 9.17) is 0 Å². The van der Waals surface area contributed by atoms with Gasteiger partial charge in [-0.25, -0.2) is 12.8 Å². The molecule has 128 valence electrons. The molecule has 1 aromatic carbocycles. The van der Waals surface area contributed by atoms with E-state index in [0.29, 0.717) is 18.5 Å². The first kappa shape index (κ1) is 16.6. The van der Waals surface area contributed by atoms with Crippen molar-refractivity contribution in [3.8, 4) is 0 Å². The van der Waals surface area contributed by atoms with Crippen molar-refractivity contribution in [2.45, 2.75) is 28.7 Å². The van der Waals surface area contributed by atoms with Crippen LogP contribution in [0.2, 0.25) is 0 Å². The lowest BCUT2D eigenvalue weighted by Gasteiger charge is -2.42. The Morgan fingerprint density at radius 3 is 2.33 bits per heavy atom. The number of rotatable bonds is 5. The number of halogens is 1. The molecule has 8 heteroatoms. The smallest absolute Gasteiger partial charge is 0.265 e. The third kappa shape index (κ3) is 2.93. The summed E-state index contributed by atoms with van der Waals surface area (Å²) in [6.07, 6.45) is 2.41. The maximum atomic E-state index is 14.4. The third-order valence-electron chi connectivity index (χ3n) is 4.18. The number of amides is 2. The van der Waals surface area contributed by atoms with E-state index in [1.807, 2.05) is 0 Å².